The Balaban J connectivity index is 1.55. The van der Waals surface area contributed by atoms with Crippen molar-refractivity contribution in [3.8, 4) is 22.6 Å². The summed E-state index contributed by atoms with van der Waals surface area (Å²) in [6, 6.07) is 21.7. The summed E-state index contributed by atoms with van der Waals surface area (Å²) in [4.78, 5) is 12.0. The fourth-order valence-electron chi connectivity index (χ4n) is 3.19. The van der Waals surface area contributed by atoms with Crippen LogP contribution in [0.4, 0.5) is 4.39 Å². The third-order valence-electron chi connectivity index (χ3n) is 5.12. The average Bonchev–Trinajstić information content (AvgIpc) is 2.81. The number of carbonyl (C=O) groups is 1. The number of esters is 1. The van der Waals surface area contributed by atoms with Gasteiger partial charge in [-0.05, 0) is 92.4 Å². The summed E-state index contributed by atoms with van der Waals surface area (Å²) >= 11 is 0. The number of rotatable bonds is 9. The van der Waals surface area contributed by atoms with Crippen molar-refractivity contribution in [1.29, 1.82) is 0 Å². The number of hydrogen-bond acceptors (Lipinski definition) is 4. The summed E-state index contributed by atoms with van der Waals surface area (Å²) in [6.45, 7) is 7.87. The Kier molecular flexibility index (Phi) is 7.88. The lowest BCUT2D eigenvalue weighted by Gasteiger charge is -2.24. The van der Waals surface area contributed by atoms with Gasteiger partial charge in [0.1, 0.15) is 23.9 Å². The lowest BCUT2D eigenvalue weighted by Crippen LogP contribution is -2.39. The smallest absolute Gasteiger partial charge is 0.349 e. The molecule has 4 nitrogen and oxygen atoms in total. The SMILES string of the molecule is CCOC(=O)C(C)(C)Oc1ccc(OCC=C(C)c2ccc(-c3ccc(F)cc3)cc2)cc1. The fourth-order valence-corrected chi connectivity index (χ4v) is 3.19. The number of allylic oxidation sites excluding steroid dienone is 1. The second kappa shape index (κ2) is 10.8. The molecule has 0 fully saturated rings. The Labute approximate surface area is 194 Å². The zero-order valence-electron chi connectivity index (χ0n) is 19.4. The second-order valence-electron chi connectivity index (χ2n) is 8.09. The van der Waals surface area contributed by atoms with Gasteiger partial charge in [-0.3, -0.25) is 0 Å². The Morgan fingerprint density at radius 1 is 0.879 bits per heavy atom. The molecule has 172 valence electrons. The molecular formula is C28H29FO4. The molecule has 0 aliphatic heterocycles. The van der Waals surface area contributed by atoms with Crippen molar-refractivity contribution in [2.24, 2.45) is 0 Å². The van der Waals surface area contributed by atoms with Gasteiger partial charge in [0.25, 0.3) is 0 Å². The van der Waals surface area contributed by atoms with Crippen molar-refractivity contribution >= 4 is 11.5 Å². The van der Waals surface area contributed by atoms with Gasteiger partial charge in [-0.15, -0.1) is 0 Å². The first-order valence-electron chi connectivity index (χ1n) is 10.9. The third-order valence-corrected chi connectivity index (χ3v) is 5.12. The van der Waals surface area contributed by atoms with Crippen LogP contribution in [-0.4, -0.2) is 24.8 Å². The predicted molar refractivity (Wildman–Crippen MR) is 129 cm³/mol. The summed E-state index contributed by atoms with van der Waals surface area (Å²) in [5.74, 6) is 0.619. The van der Waals surface area contributed by atoms with Crippen LogP contribution in [0.3, 0.4) is 0 Å². The molecule has 3 rings (SSSR count). The van der Waals surface area contributed by atoms with E-state index >= 15 is 0 Å². The van der Waals surface area contributed by atoms with Gasteiger partial charge in [0.05, 0.1) is 6.61 Å². The summed E-state index contributed by atoms with van der Waals surface area (Å²) in [7, 11) is 0. The maximum atomic E-state index is 13.1. The summed E-state index contributed by atoms with van der Waals surface area (Å²) in [5, 5.41) is 0. The molecule has 33 heavy (non-hydrogen) atoms. The molecule has 0 aromatic heterocycles. The van der Waals surface area contributed by atoms with Crippen LogP contribution in [0.2, 0.25) is 0 Å². The monoisotopic (exact) mass is 448 g/mol. The molecule has 0 amide bonds. The summed E-state index contributed by atoms with van der Waals surface area (Å²) in [6.07, 6.45) is 2.02. The van der Waals surface area contributed by atoms with Crippen molar-refractivity contribution < 1.29 is 23.4 Å². The van der Waals surface area contributed by atoms with E-state index in [2.05, 4.69) is 0 Å². The van der Waals surface area contributed by atoms with Crippen LogP contribution in [-0.2, 0) is 9.53 Å². The Bertz CT molecular complexity index is 1080. The van der Waals surface area contributed by atoms with E-state index in [0.717, 1.165) is 22.3 Å². The van der Waals surface area contributed by atoms with E-state index in [-0.39, 0.29) is 5.82 Å². The highest BCUT2D eigenvalue weighted by atomic mass is 19.1. The first-order valence-corrected chi connectivity index (χ1v) is 10.9. The van der Waals surface area contributed by atoms with Gasteiger partial charge < -0.3 is 14.2 Å². The normalized spacial score (nSPS) is 11.7. The van der Waals surface area contributed by atoms with Crippen LogP contribution in [0.1, 0.15) is 33.3 Å². The second-order valence-corrected chi connectivity index (χ2v) is 8.09. The highest BCUT2D eigenvalue weighted by molar-refractivity contribution is 5.79. The van der Waals surface area contributed by atoms with Gasteiger partial charge in [0.15, 0.2) is 5.60 Å². The number of halogens is 1. The van der Waals surface area contributed by atoms with E-state index in [9.17, 15) is 9.18 Å². The van der Waals surface area contributed by atoms with Crippen LogP contribution in [0.25, 0.3) is 16.7 Å². The minimum Gasteiger partial charge on any atom is -0.490 e. The van der Waals surface area contributed by atoms with E-state index in [1.54, 1.807) is 57.2 Å². The van der Waals surface area contributed by atoms with E-state index in [0.29, 0.717) is 24.7 Å². The topological polar surface area (TPSA) is 44.8 Å². The Morgan fingerprint density at radius 3 is 2.00 bits per heavy atom. The highest BCUT2D eigenvalue weighted by Gasteiger charge is 2.31. The molecule has 0 unspecified atom stereocenters. The fraction of sp³-hybridized carbons (Fsp3) is 0.250. The maximum absolute atomic E-state index is 13.1. The molecule has 0 radical (unpaired) electrons. The predicted octanol–water partition coefficient (Wildman–Crippen LogP) is 6.70. The number of carbonyl (C=O) groups excluding carboxylic acids is 1. The van der Waals surface area contributed by atoms with Crippen molar-refractivity contribution in [3.05, 3.63) is 90.3 Å². The van der Waals surface area contributed by atoms with Crippen molar-refractivity contribution in [3.63, 3.8) is 0 Å². The molecule has 0 aliphatic carbocycles. The maximum Gasteiger partial charge on any atom is 0.349 e. The molecule has 0 heterocycles. The van der Waals surface area contributed by atoms with Crippen LogP contribution in [0, 0.1) is 5.82 Å². The standard InChI is InChI=1S/C28H29FO4/c1-5-31-27(30)28(3,4)33-26-16-14-25(15-17-26)32-19-18-20(2)21-6-8-22(9-7-21)23-10-12-24(29)13-11-23/h6-18H,5,19H2,1-4H3. The van der Waals surface area contributed by atoms with Gasteiger partial charge in [-0.25, -0.2) is 9.18 Å². The van der Waals surface area contributed by atoms with E-state index in [4.69, 9.17) is 14.2 Å². The molecule has 0 aliphatic rings. The molecule has 0 atom stereocenters. The summed E-state index contributed by atoms with van der Waals surface area (Å²) in [5.41, 5.74) is 3.14. The van der Waals surface area contributed by atoms with Crippen LogP contribution >= 0.6 is 0 Å². The van der Waals surface area contributed by atoms with Gasteiger partial charge in [0.2, 0.25) is 0 Å². The molecule has 0 N–H and O–H groups in total. The first kappa shape index (κ1) is 24.1. The Hall–Kier alpha value is -3.60. The van der Waals surface area contributed by atoms with Crippen molar-refractivity contribution in [1.82, 2.24) is 0 Å². The lowest BCUT2D eigenvalue weighted by atomic mass is 10.0. The molecule has 0 bridgehead atoms. The Morgan fingerprint density at radius 2 is 1.42 bits per heavy atom. The highest BCUT2D eigenvalue weighted by Crippen LogP contribution is 2.24. The van der Waals surface area contributed by atoms with Gasteiger partial charge in [0, 0.05) is 0 Å². The van der Waals surface area contributed by atoms with E-state index in [1.165, 1.54) is 12.1 Å². The zero-order chi connectivity index (χ0) is 23.8. The van der Waals surface area contributed by atoms with Crippen molar-refractivity contribution in [2.75, 3.05) is 13.2 Å². The first-order chi connectivity index (χ1) is 15.8. The van der Waals surface area contributed by atoms with Gasteiger partial charge in [-0.2, -0.15) is 0 Å². The zero-order valence-corrected chi connectivity index (χ0v) is 19.4. The van der Waals surface area contributed by atoms with Crippen LogP contribution < -0.4 is 9.47 Å². The molecule has 3 aromatic carbocycles. The largest absolute Gasteiger partial charge is 0.490 e. The molecule has 3 aromatic rings. The summed E-state index contributed by atoms with van der Waals surface area (Å²) < 4.78 is 29.7. The molecular weight excluding hydrogens is 419 g/mol. The number of hydrogen-bond donors (Lipinski definition) is 0. The van der Waals surface area contributed by atoms with E-state index < -0.39 is 11.6 Å². The van der Waals surface area contributed by atoms with Crippen LogP contribution in [0.5, 0.6) is 11.5 Å². The molecule has 0 spiro atoms. The number of benzene rings is 3. The molecule has 0 saturated heterocycles. The number of ether oxygens (including phenoxy) is 3. The van der Waals surface area contributed by atoms with Gasteiger partial charge in [-0.1, -0.05) is 36.4 Å². The lowest BCUT2D eigenvalue weighted by molar-refractivity contribution is -0.158. The average molecular weight is 449 g/mol. The van der Waals surface area contributed by atoms with Gasteiger partial charge >= 0.3 is 5.97 Å². The van der Waals surface area contributed by atoms with Crippen molar-refractivity contribution in [2.45, 2.75) is 33.3 Å². The molecule has 0 saturated carbocycles. The van der Waals surface area contributed by atoms with E-state index in [1.807, 2.05) is 37.3 Å². The quantitative estimate of drug-likeness (QED) is 0.342. The minimum absolute atomic E-state index is 0.239. The minimum atomic E-state index is -1.06. The molecule has 5 heteroatoms. The third kappa shape index (κ3) is 6.69. The van der Waals surface area contributed by atoms with Crippen LogP contribution in [0.15, 0.2) is 78.9 Å².